The molecular weight excluding hydrogens is 316 g/mol. The molecule has 0 saturated carbocycles. The van der Waals surface area contributed by atoms with Crippen molar-refractivity contribution in [3.8, 4) is 0 Å². The smallest absolute Gasteiger partial charge is 0.251 e. The van der Waals surface area contributed by atoms with Crippen molar-refractivity contribution in [2.24, 2.45) is 5.14 Å². The van der Waals surface area contributed by atoms with E-state index in [0.29, 0.717) is 18.6 Å². The van der Waals surface area contributed by atoms with E-state index in [1.807, 2.05) is 6.92 Å². The molecule has 21 heavy (non-hydrogen) atoms. The summed E-state index contributed by atoms with van der Waals surface area (Å²) < 4.78 is 28.0. The summed E-state index contributed by atoms with van der Waals surface area (Å²) in [5.41, 5.74) is 0.656. The highest BCUT2D eigenvalue weighted by Crippen LogP contribution is 2.26. The Kier molecular flexibility index (Phi) is 6.15. The number of primary sulfonamides is 1. The lowest BCUT2D eigenvalue weighted by Crippen LogP contribution is -2.37. The summed E-state index contributed by atoms with van der Waals surface area (Å²) in [6, 6.07) is 2.54. The molecule has 1 aromatic rings. The maximum absolute atomic E-state index is 12.2. The zero-order valence-corrected chi connectivity index (χ0v) is 13.7. The first-order valence-corrected chi connectivity index (χ1v) is 8.25. The molecule has 3 N–H and O–H groups in total. The number of nitrogens with one attached hydrogen (secondary N) is 1. The van der Waals surface area contributed by atoms with Crippen molar-refractivity contribution < 1.29 is 17.9 Å². The van der Waals surface area contributed by atoms with Crippen molar-refractivity contribution in [3.05, 3.63) is 28.3 Å². The minimum atomic E-state index is -3.99. The van der Waals surface area contributed by atoms with Crippen LogP contribution < -0.4 is 10.5 Å². The maximum atomic E-state index is 12.2. The predicted octanol–water partition coefficient (Wildman–Crippen LogP) is 1.45. The first-order valence-electron chi connectivity index (χ1n) is 6.33. The number of nitrogens with two attached hydrogens (primary N) is 1. The predicted molar refractivity (Wildman–Crippen MR) is 81.0 cm³/mol. The Morgan fingerprint density at radius 3 is 2.57 bits per heavy atom. The van der Waals surface area contributed by atoms with Crippen LogP contribution in [0.15, 0.2) is 17.0 Å². The highest BCUT2D eigenvalue weighted by atomic mass is 35.5. The lowest BCUT2D eigenvalue weighted by Gasteiger charge is -2.16. The number of hydrogen-bond donors (Lipinski definition) is 2. The molecule has 0 fully saturated rings. The Bertz CT molecular complexity index is 631. The van der Waals surface area contributed by atoms with E-state index >= 15 is 0 Å². The molecule has 1 unspecified atom stereocenters. The number of aryl methyl sites for hydroxylation is 1. The Morgan fingerprint density at radius 1 is 1.48 bits per heavy atom. The fraction of sp³-hybridized carbons (Fsp3) is 0.462. The first kappa shape index (κ1) is 17.9. The van der Waals surface area contributed by atoms with E-state index in [-0.39, 0.29) is 21.5 Å². The fourth-order valence-corrected chi connectivity index (χ4v) is 2.94. The first-order chi connectivity index (χ1) is 9.70. The molecule has 0 saturated heterocycles. The second-order valence-electron chi connectivity index (χ2n) is 4.68. The number of methoxy groups -OCH3 is 1. The topological polar surface area (TPSA) is 98.5 Å². The molecule has 0 aliphatic heterocycles. The normalized spacial score (nSPS) is 13.0. The number of rotatable bonds is 6. The summed E-state index contributed by atoms with van der Waals surface area (Å²) in [6.45, 7) is 3.89. The average molecular weight is 335 g/mol. The number of carbonyl (C=O) groups is 1. The number of halogens is 1. The van der Waals surface area contributed by atoms with Crippen LogP contribution in [-0.4, -0.2) is 34.1 Å². The van der Waals surface area contributed by atoms with Crippen LogP contribution in [-0.2, 0) is 14.8 Å². The van der Waals surface area contributed by atoms with Gasteiger partial charge in [-0.1, -0.05) is 18.5 Å². The summed E-state index contributed by atoms with van der Waals surface area (Å²) in [5, 5.41) is 7.90. The summed E-state index contributed by atoms with van der Waals surface area (Å²) in [7, 11) is -2.45. The maximum Gasteiger partial charge on any atom is 0.251 e. The number of benzene rings is 1. The number of carbonyl (C=O) groups excluding carboxylic acids is 1. The van der Waals surface area contributed by atoms with Crippen LogP contribution in [0, 0.1) is 6.92 Å². The van der Waals surface area contributed by atoms with E-state index in [9.17, 15) is 13.2 Å². The molecule has 1 aromatic carbocycles. The molecule has 0 spiro atoms. The van der Waals surface area contributed by atoms with Crippen LogP contribution in [0.25, 0.3) is 0 Å². The summed E-state index contributed by atoms with van der Waals surface area (Å²) in [4.78, 5) is 11.9. The third-order valence-electron chi connectivity index (χ3n) is 2.99. The summed E-state index contributed by atoms with van der Waals surface area (Å²) >= 11 is 5.93. The van der Waals surface area contributed by atoms with Gasteiger partial charge in [-0.25, -0.2) is 13.6 Å². The average Bonchev–Trinajstić information content (AvgIpc) is 2.39. The van der Waals surface area contributed by atoms with Crippen molar-refractivity contribution >= 4 is 27.5 Å². The van der Waals surface area contributed by atoms with E-state index in [1.165, 1.54) is 12.1 Å². The molecule has 0 aliphatic rings. The molecule has 1 amide bonds. The molecule has 6 nitrogen and oxygen atoms in total. The Labute approximate surface area is 129 Å². The van der Waals surface area contributed by atoms with E-state index in [1.54, 1.807) is 14.0 Å². The second-order valence-corrected chi connectivity index (χ2v) is 6.59. The van der Waals surface area contributed by atoms with Gasteiger partial charge in [0.15, 0.2) is 0 Å². The molecule has 1 rings (SSSR count). The molecule has 0 aliphatic carbocycles. The van der Waals surface area contributed by atoms with Gasteiger partial charge in [0.2, 0.25) is 10.0 Å². The van der Waals surface area contributed by atoms with Crippen molar-refractivity contribution in [1.82, 2.24) is 5.32 Å². The van der Waals surface area contributed by atoms with Crippen molar-refractivity contribution in [3.63, 3.8) is 0 Å². The van der Waals surface area contributed by atoms with Crippen molar-refractivity contribution in [2.75, 3.05) is 13.7 Å². The number of ether oxygens (including phenoxy) is 1. The minimum Gasteiger partial charge on any atom is -0.383 e. The molecule has 0 radical (unpaired) electrons. The number of hydrogen-bond acceptors (Lipinski definition) is 4. The van der Waals surface area contributed by atoms with Gasteiger partial charge in [0.05, 0.1) is 17.7 Å². The lowest BCUT2D eigenvalue weighted by molar-refractivity contribution is 0.0894. The van der Waals surface area contributed by atoms with Crippen LogP contribution in [0.1, 0.15) is 29.3 Å². The quantitative estimate of drug-likeness (QED) is 0.822. The number of sulfonamides is 1. The number of amides is 1. The third kappa shape index (κ3) is 4.67. The highest BCUT2D eigenvalue weighted by Gasteiger charge is 2.20. The highest BCUT2D eigenvalue weighted by molar-refractivity contribution is 7.89. The van der Waals surface area contributed by atoms with Crippen LogP contribution in [0.4, 0.5) is 0 Å². The van der Waals surface area contributed by atoms with Crippen LogP contribution in [0.5, 0.6) is 0 Å². The molecule has 0 bridgehead atoms. The van der Waals surface area contributed by atoms with Gasteiger partial charge in [-0.15, -0.1) is 0 Å². The second kappa shape index (κ2) is 7.22. The van der Waals surface area contributed by atoms with Crippen LogP contribution in [0.2, 0.25) is 5.02 Å². The Hall–Kier alpha value is -1.15. The van der Waals surface area contributed by atoms with E-state index in [2.05, 4.69) is 5.32 Å². The lowest BCUT2D eigenvalue weighted by atomic mass is 10.1. The van der Waals surface area contributed by atoms with Crippen LogP contribution >= 0.6 is 11.6 Å². The van der Waals surface area contributed by atoms with Gasteiger partial charge in [-0.2, -0.15) is 0 Å². The Morgan fingerprint density at radius 2 is 2.10 bits per heavy atom. The molecule has 8 heteroatoms. The fourth-order valence-electron chi connectivity index (χ4n) is 1.81. The molecule has 1 atom stereocenters. The van der Waals surface area contributed by atoms with Gasteiger partial charge in [-0.3, -0.25) is 4.79 Å². The van der Waals surface area contributed by atoms with Gasteiger partial charge in [0, 0.05) is 12.7 Å². The van der Waals surface area contributed by atoms with E-state index in [4.69, 9.17) is 21.5 Å². The summed E-state index contributed by atoms with van der Waals surface area (Å²) in [6.07, 6.45) is 0.689. The SMILES string of the molecule is CCC(COC)NC(=O)c1cc(C)c(Cl)c(S(N)(=O)=O)c1. The third-order valence-corrected chi connectivity index (χ3v) is 4.53. The van der Waals surface area contributed by atoms with Crippen LogP contribution in [0.3, 0.4) is 0 Å². The van der Waals surface area contributed by atoms with Gasteiger partial charge in [-0.05, 0) is 31.0 Å². The zero-order valence-electron chi connectivity index (χ0n) is 12.1. The van der Waals surface area contributed by atoms with Crippen molar-refractivity contribution in [2.45, 2.75) is 31.2 Å². The summed E-state index contributed by atoms with van der Waals surface area (Å²) in [5.74, 6) is -0.399. The standard InChI is InChI=1S/C13H19ClN2O4S/c1-4-10(7-20-3)16-13(17)9-5-8(2)12(14)11(6-9)21(15,18)19/h5-6,10H,4,7H2,1-3H3,(H,16,17)(H2,15,18,19). The van der Waals surface area contributed by atoms with E-state index in [0.717, 1.165) is 0 Å². The van der Waals surface area contributed by atoms with Gasteiger partial charge in [0.25, 0.3) is 5.91 Å². The zero-order chi connectivity index (χ0) is 16.2. The molecular formula is C13H19ClN2O4S. The van der Waals surface area contributed by atoms with Gasteiger partial charge < -0.3 is 10.1 Å². The molecule has 118 valence electrons. The largest absolute Gasteiger partial charge is 0.383 e. The monoisotopic (exact) mass is 334 g/mol. The van der Waals surface area contributed by atoms with Gasteiger partial charge in [0.1, 0.15) is 4.90 Å². The van der Waals surface area contributed by atoms with Gasteiger partial charge >= 0.3 is 0 Å². The molecule has 0 aromatic heterocycles. The molecule has 0 heterocycles. The Balaban J connectivity index is 3.14. The minimum absolute atomic E-state index is 0.0259. The van der Waals surface area contributed by atoms with E-state index < -0.39 is 15.9 Å². The van der Waals surface area contributed by atoms with Crippen molar-refractivity contribution in [1.29, 1.82) is 0 Å².